The second kappa shape index (κ2) is 11.2. The monoisotopic (exact) mass is 511 g/mol. The summed E-state index contributed by atoms with van der Waals surface area (Å²) in [6.07, 6.45) is 5.50. The van der Waals surface area contributed by atoms with Crippen molar-refractivity contribution in [3.05, 3.63) is 77.5 Å². The number of hydrogen-bond acceptors (Lipinski definition) is 7. The first kappa shape index (κ1) is 25.7. The first-order valence-electron chi connectivity index (χ1n) is 13.4. The minimum Gasteiger partial charge on any atom is -0.369 e. The maximum Gasteiger partial charge on any atom is 0.256 e. The zero-order valence-corrected chi connectivity index (χ0v) is 22.6. The van der Waals surface area contributed by atoms with E-state index in [2.05, 4.69) is 94.6 Å². The number of likely N-dealkylation sites (N-methyl/N-ethyl adjacent to an activating group) is 1. The molecule has 0 saturated carbocycles. The van der Waals surface area contributed by atoms with Crippen LogP contribution in [0, 0.1) is 6.92 Å². The van der Waals surface area contributed by atoms with Gasteiger partial charge in [0.1, 0.15) is 11.4 Å². The molecule has 3 N–H and O–H groups in total. The van der Waals surface area contributed by atoms with E-state index in [9.17, 15) is 4.79 Å². The van der Waals surface area contributed by atoms with E-state index < -0.39 is 0 Å². The van der Waals surface area contributed by atoms with E-state index >= 15 is 0 Å². The van der Waals surface area contributed by atoms with Gasteiger partial charge in [-0.15, -0.1) is 6.58 Å². The Morgan fingerprint density at radius 1 is 1.11 bits per heavy atom. The molecule has 0 radical (unpaired) electrons. The van der Waals surface area contributed by atoms with E-state index in [1.807, 2.05) is 0 Å². The molecule has 8 heteroatoms. The zero-order chi connectivity index (χ0) is 26.6. The zero-order valence-electron chi connectivity index (χ0n) is 22.6. The molecule has 1 amide bonds. The van der Waals surface area contributed by atoms with Crippen LogP contribution in [0.2, 0.25) is 0 Å². The minimum absolute atomic E-state index is 0.249. The van der Waals surface area contributed by atoms with Crippen molar-refractivity contribution in [1.82, 2.24) is 20.2 Å². The number of fused-ring (bicyclic) bond motifs is 1. The lowest BCUT2D eigenvalue weighted by atomic mass is 10.0. The van der Waals surface area contributed by atoms with Gasteiger partial charge in [-0.05, 0) is 79.8 Å². The first-order valence-corrected chi connectivity index (χ1v) is 13.4. The summed E-state index contributed by atoms with van der Waals surface area (Å²) in [5.41, 5.74) is 7.40. The maximum atomic E-state index is 12.9. The van der Waals surface area contributed by atoms with Gasteiger partial charge in [-0.25, -0.2) is 4.98 Å². The fourth-order valence-electron chi connectivity index (χ4n) is 5.25. The quantitative estimate of drug-likeness (QED) is 0.368. The SMILES string of the molecule is C=CCNC(=O)c1cnc(Nc2ccc(N3CCN(C)CC3)c(C)c2)nc1Nc1ccc2c(c1)C(C)CC2. The molecule has 3 aromatic rings. The molecule has 198 valence electrons. The molecule has 8 nitrogen and oxygen atoms in total. The van der Waals surface area contributed by atoms with Crippen molar-refractivity contribution in [2.45, 2.75) is 32.6 Å². The molecule has 1 aromatic heterocycles. The number of nitrogens with zero attached hydrogens (tertiary/aromatic N) is 4. The van der Waals surface area contributed by atoms with Crippen LogP contribution in [0.4, 0.5) is 28.8 Å². The highest BCUT2D eigenvalue weighted by atomic mass is 16.1. The summed E-state index contributed by atoms with van der Waals surface area (Å²) in [7, 11) is 2.17. The van der Waals surface area contributed by atoms with E-state index in [-0.39, 0.29) is 5.91 Å². The highest BCUT2D eigenvalue weighted by Crippen LogP contribution is 2.35. The van der Waals surface area contributed by atoms with Crippen LogP contribution >= 0.6 is 0 Å². The predicted molar refractivity (Wildman–Crippen MR) is 155 cm³/mol. The van der Waals surface area contributed by atoms with E-state index in [4.69, 9.17) is 4.98 Å². The Bertz CT molecular complexity index is 1330. The van der Waals surface area contributed by atoms with E-state index in [0.29, 0.717) is 29.8 Å². The van der Waals surface area contributed by atoms with Crippen molar-refractivity contribution >= 4 is 34.7 Å². The number of hydrogen-bond donors (Lipinski definition) is 3. The van der Waals surface area contributed by atoms with Crippen LogP contribution in [0.25, 0.3) is 0 Å². The lowest BCUT2D eigenvalue weighted by Gasteiger charge is -2.35. The molecule has 1 aliphatic carbocycles. The van der Waals surface area contributed by atoms with Crippen LogP contribution < -0.4 is 20.9 Å². The van der Waals surface area contributed by atoms with Gasteiger partial charge in [0.25, 0.3) is 5.91 Å². The standard InChI is InChI=1S/C30H37N7O/c1-5-12-31-29(38)26-19-32-30(35-28(26)33-24-9-8-22-7-6-20(2)25(22)18-24)34-23-10-11-27(21(3)17-23)37-15-13-36(4)14-16-37/h5,8-11,17-20H,1,6-7,12-16H2,2-4H3,(H,31,38)(H2,32,33,34,35). The van der Waals surface area contributed by atoms with Gasteiger partial charge in [0, 0.05) is 56.0 Å². The van der Waals surface area contributed by atoms with Gasteiger partial charge in [-0.3, -0.25) is 4.79 Å². The Morgan fingerprint density at radius 3 is 2.63 bits per heavy atom. The van der Waals surface area contributed by atoms with E-state index in [0.717, 1.165) is 44.0 Å². The van der Waals surface area contributed by atoms with Crippen molar-refractivity contribution in [1.29, 1.82) is 0 Å². The van der Waals surface area contributed by atoms with Gasteiger partial charge in [0.05, 0.1) is 0 Å². The average molecular weight is 512 g/mol. The summed E-state index contributed by atoms with van der Waals surface area (Å²) in [5, 5.41) is 9.55. The smallest absolute Gasteiger partial charge is 0.256 e. The van der Waals surface area contributed by atoms with Gasteiger partial charge in [-0.2, -0.15) is 4.98 Å². The summed E-state index contributed by atoms with van der Waals surface area (Å²) in [5.74, 6) is 1.16. The molecular weight excluding hydrogens is 474 g/mol. The fourth-order valence-corrected chi connectivity index (χ4v) is 5.25. The summed E-state index contributed by atoms with van der Waals surface area (Å²) in [4.78, 5) is 26.8. The molecule has 2 heterocycles. The molecule has 1 aliphatic heterocycles. The third-order valence-corrected chi connectivity index (χ3v) is 7.52. The number of carbonyl (C=O) groups excluding carboxylic acids is 1. The molecule has 5 rings (SSSR count). The maximum absolute atomic E-state index is 12.9. The van der Waals surface area contributed by atoms with Gasteiger partial charge < -0.3 is 25.8 Å². The summed E-state index contributed by atoms with van der Waals surface area (Å²) < 4.78 is 0. The summed E-state index contributed by atoms with van der Waals surface area (Å²) in [6.45, 7) is 12.6. The van der Waals surface area contributed by atoms with E-state index in [1.165, 1.54) is 28.8 Å². The number of aromatic nitrogens is 2. The Hall–Kier alpha value is -3.91. The topological polar surface area (TPSA) is 85.4 Å². The first-order chi connectivity index (χ1) is 18.4. The van der Waals surface area contributed by atoms with Crippen molar-refractivity contribution in [2.75, 3.05) is 55.3 Å². The third-order valence-electron chi connectivity index (χ3n) is 7.52. The predicted octanol–water partition coefficient (Wildman–Crippen LogP) is 4.99. The molecule has 1 atom stereocenters. The fraction of sp³-hybridized carbons (Fsp3) is 0.367. The molecule has 2 aromatic carbocycles. The Labute approximate surface area is 225 Å². The van der Waals surface area contributed by atoms with Crippen molar-refractivity contribution in [3.8, 4) is 0 Å². The van der Waals surface area contributed by atoms with Gasteiger partial charge >= 0.3 is 0 Å². The van der Waals surface area contributed by atoms with Crippen molar-refractivity contribution < 1.29 is 4.79 Å². The van der Waals surface area contributed by atoms with Crippen molar-refractivity contribution in [2.24, 2.45) is 0 Å². The van der Waals surface area contributed by atoms with Crippen LogP contribution in [0.1, 0.15) is 46.3 Å². The molecule has 2 aliphatic rings. The molecule has 0 bridgehead atoms. The number of benzene rings is 2. The number of aryl methyl sites for hydroxylation is 2. The number of amides is 1. The van der Waals surface area contributed by atoms with Gasteiger partial charge in [0.2, 0.25) is 5.95 Å². The second-order valence-electron chi connectivity index (χ2n) is 10.3. The number of carbonyl (C=O) groups is 1. The molecular formula is C30H37N7O. The van der Waals surface area contributed by atoms with E-state index in [1.54, 1.807) is 12.3 Å². The Kier molecular flexibility index (Phi) is 7.60. The van der Waals surface area contributed by atoms with Crippen LogP contribution in [0.5, 0.6) is 0 Å². The molecule has 1 fully saturated rings. The highest BCUT2D eigenvalue weighted by molar-refractivity contribution is 5.99. The largest absolute Gasteiger partial charge is 0.369 e. The highest BCUT2D eigenvalue weighted by Gasteiger charge is 2.21. The lowest BCUT2D eigenvalue weighted by Crippen LogP contribution is -2.44. The average Bonchev–Trinajstić information content (AvgIpc) is 3.28. The van der Waals surface area contributed by atoms with Crippen molar-refractivity contribution in [3.63, 3.8) is 0 Å². The van der Waals surface area contributed by atoms with Crippen LogP contribution in [0.3, 0.4) is 0 Å². The van der Waals surface area contributed by atoms with Gasteiger partial charge in [0.15, 0.2) is 0 Å². The second-order valence-corrected chi connectivity index (χ2v) is 10.3. The molecule has 0 spiro atoms. The minimum atomic E-state index is -0.249. The van der Waals surface area contributed by atoms with Crippen LogP contribution in [0.15, 0.2) is 55.3 Å². The summed E-state index contributed by atoms with van der Waals surface area (Å²) >= 11 is 0. The summed E-state index contributed by atoms with van der Waals surface area (Å²) in [6, 6.07) is 12.7. The number of anilines is 5. The lowest BCUT2D eigenvalue weighted by molar-refractivity contribution is 0.0958. The van der Waals surface area contributed by atoms with Crippen LogP contribution in [-0.2, 0) is 6.42 Å². The normalized spacial score (nSPS) is 17.1. The molecule has 1 saturated heterocycles. The number of rotatable bonds is 8. The molecule has 38 heavy (non-hydrogen) atoms. The van der Waals surface area contributed by atoms with Gasteiger partial charge in [-0.1, -0.05) is 19.1 Å². The Morgan fingerprint density at radius 2 is 1.87 bits per heavy atom. The third kappa shape index (κ3) is 5.65. The Balaban J connectivity index is 1.39. The van der Waals surface area contributed by atoms with Crippen LogP contribution in [-0.4, -0.2) is 60.5 Å². The molecule has 1 unspecified atom stereocenters. The number of nitrogens with one attached hydrogen (secondary N) is 3. The number of piperazine rings is 1.